The van der Waals surface area contributed by atoms with E-state index < -0.39 is 0 Å². The quantitative estimate of drug-likeness (QED) is 0.797. The van der Waals surface area contributed by atoms with Crippen LogP contribution >= 0.6 is 0 Å². The van der Waals surface area contributed by atoms with E-state index in [0.29, 0.717) is 24.2 Å². The molecule has 1 aromatic heterocycles. The molecule has 1 aliphatic carbocycles. The van der Waals surface area contributed by atoms with E-state index in [1.54, 1.807) is 10.7 Å². The van der Waals surface area contributed by atoms with Gasteiger partial charge >= 0.3 is 0 Å². The molecule has 1 saturated carbocycles. The van der Waals surface area contributed by atoms with Gasteiger partial charge in [0.25, 0.3) is 11.8 Å². The molecule has 0 radical (unpaired) electrons. The molecule has 1 heterocycles. The second-order valence-corrected chi connectivity index (χ2v) is 6.65. The van der Waals surface area contributed by atoms with Crippen LogP contribution < -0.4 is 10.6 Å². The monoisotopic (exact) mass is 355 g/mol. The molecule has 0 saturated heterocycles. The van der Waals surface area contributed by atoms with Gasteiger partial charge in [0, 0.05) is 18.2 Å². The summed E-state index contributed by atoms with van der Waals surface area (Å²) in [7, 11) is 0. The van der Waals surface area contributed by atoms with Gasteiger partial charge in [-0.2, -0.15) is 0 Å². The molecular formula is C19H25N5O2. The summed E-state index contributed by atoms with van der Waals surface area (Å²) in [6.45, 7) is 6.43. The zero-order valence-electron chi connectivity index (χ0n) is 15.5. The Morgan fingerprint density at radius 1 is 1.23 bits per heavy atom. The van der Waals surface area contributed by atoms with Crippen LogP contribution in [0.2, 0.25) is 0 Å². The first-order valence-corrected chi connectivity index (χ1v) is 9.19. The van der Waals surface area contributed by atoms with Gasteiger partial charge in [0.05, 0.1) is 11.4 Å². The van der Waals surface area contributed by atoms with Crippen LogP contribution in [-0.2, 0) is 6.42 Å². The minimum Gasteiger partial charge on any atom is -0.352 e. The highest BCUT2D eigenvalue weighted by atomic mass is 16.2. The maximum absolute atomic E-state index is 12.4. The van der Waals surface area contributed by atoms with E-state index in [-0.39, 0.29) is 17.9 Å². The van der Waals surface area contributed by atoms with Crippen LogP contribution in [0.1, 0.15) is 65.2 Å². The van der Waals surface area contributed by atoms with Gasteiger partial charge in [-0.25, -0.2) is 4.68 Å². The molecule has 7 nitrogen and oxygen atoms in total. The van der Waals surface area contributed by atoms with Crippen LogP contribution in [0.3, 0.4) is 0 Å². The molecule has 2 aromatic rings. The van der Waals surface area contributed by atoms with Gasteiger partial charge in [-0.05, 0) is 56.9 Å². The van der Waals surface area contributed by atoms with Gasteiger partial charge in [-0.1, -0.05) is 18.6 Å². The average Bonchev–Trinajstić information content (AvgIpc) is 3.32. The van der Waals surface area contributed by atoms with Gasteiger partial charge in [-0.15, -0.1) is 5.10 Å². The molecule has 2 amide bonds. The van der Waals surface area contributed by atoms with Crippen LogP contribution in [0.25, 0.3) is 5.69 Å². The first-order chi connectivity index (χ1) is 12.5. The first-order valence-electron chi connectivity index (χ1n) is 9.19. The van der Waals surface area contributed by atoms with E-state index in [0.717, 1.165) is 36.2 Å². The molecular weight excluding hydrogens is 330 g/mol. The summed E-state index contributed by atoms with van der Waals surface area (Å²) in [5.74, 6) is -0.244. The highest BCUT2D eigenvalue weighted by Gasteiger charge is 2.27. The number of carbonyl (C=O) groups excluding carboxylic acids is 2. The van der Waals surface area contributed by atoms with Gasteiger partial charge < -0.3 is 10.6 Å². The SMILES string of the molecule is CCCc1c(C(=O)NC2CC2)nnn1-c1ccc(C(=O)NCC)c(C)c1. The molecule has 0 bridgehead atoms. The van der Waals surface area contributed by atoms with Crippen molar-refractivity contribution in [1.82, 2.24) is 25.6 Å². The summed E-state index contributed by atoms with van der Waals surface area (Å²) in [4.78, 5) is 24.5. The van der Waals surface area contributed by atoms with Crippen LogP contribution in [0, 0.1) is 6.92 Å². The van der Waals surface area contributed by atoms with Gasteiger partial charge in [0.2, 0.25) is 0 Å². The molecule has 2 N–H and O–H groups in total. The Kier molecular flexibility index (Phi) is 5.35. The summed E-state index contributed by atoms with van der Waals surface area (Å²) in [6, 6.07) is 5.81. The van der Waals surface area contributed by atoms with E-state index in [1.807, 2.05) is 26.0 Å². The van der Waals surface area contributed by atoms with Crippen molar-refractivity contribution in [3.05, 3.63) is 40.7 Å². The molecule has 3 rings (SSSR count). The Bertz CT molecular complexity index is 823. The Labute approximate surface area is 153 Å². The van der Waals surface area contributed by atoms with E-state index in [4.69, 9.17) is 0 Å². The van der Waals surface area contributed by atoms with Crippen molar-refractivity contribution < 1.29 is 9.59 Å². The summed E-state index contributed by atoms with van der Waals surface area (Å²) in [6.07, 6.45) is 3.65. The number of carbonyl (C=O) groups is 2. The molecule has 1 aromatic carbocycles. The highest BCUT2D eigenvalue weighted by Crippen LogP contribution is 2.21. The lowest BCUT2D eigenvalue weighted by molar-refractivity contribution is 0.0940. The maximum atomic E-state index is 12.4. The molecule has 0 atom stereocenters. The van der Waals surface area contributed by atoms with Crippen molar-refractivity contribution in [3.8, 4) is 5.69 Å². The summed E-state index contributed by atoms with van der Waals surface area (Å²) in [5.41, 5.74) is 3.49. The largest absolute Gasteiger partial charge is 0.352 e. The van der Waals surface area contributed by atoms with E-state index in [2.05, 4.69) is 27.9 Å². The van der Waals surface area contributed by atoms with Crippen molar-refractivity contribution in [2.75, 3.05) is 6.54 Å². The van der Waals surface area contributed by atoms with Gasteiger partial charge in [0.1, 0.15) is 0 Å². The lowest BCUT2D eigenvalue weighted by Gasteiger charge is -2.11. The molecule has 0 spiro atoms. The number of benzene rings is 1. The number of nitrogens with zero attached hydrogens (tertiary/aromatic N) is 3. The predicted molar refractivity (Wildman–Crippen MR) is 98.6 cm³/mol. The normalized spacial score (nSPS) is 13.5. The maximum Gasteiger partial charge on any atom is 0.273 e. The Balaban J connectivity index is 1.92. The Morgan fingerprint density at radius 2 is 2.00 bits per heavy atom. The zero-order chi connectivity index (χ0) is 18.7. The third-order valence-corrected chi connectivity index (χ3v) is 4.41. The molecule has 0 unspecified atom stereocenters. The lowest BCUT2D eigenvalue weighted by atomic mass is 10.1. The molecule has 26 heavy (non-hydrogen) atoms. The second-order valence-electron chi connectivity index (χ2n) is 6.65. The number of nitrogens with one attached hydrogen (secondary N) is 2. The van der Waals surface area contributed by atoms with Crippen molar-refractivity contribution >= 4 is 11.8 Å². The van der Waals surface area contributed by atoms with E-state index in [1.165, 1.54) is 0 Å². The fourth-order valence-electron chi connectivity index (χ4n) is 2.92. The highest BCUT2D eigenvalue weighted by molar-refractivity contribution is 5.96. The zero-order valence-corrected chi connectivity index (χ0v) is 15.5. The van der Waals surface area contributed by atoms with Crippen LogP contribution in [0.5, 0.6) is 0 Å². The smallest absolute Gasteiger partial charge is 0.273 e. The van der Waals surface area contributed by atoms with Crippen molar-refractivity contribution in [2.24, 2.45) is 0 Å². The summed E-state index contributed by atoms with van der Waals surface area (Å²) < 4.78 is 1.71. The van der Waals surface area contributed by atoms with Crippen molar-refractivity contribution in [2.45, 2.75) is 52.5 Å². The molecule has 1 fully saturated rings. The van der Waals surface area contributed by atoms with E-state index >= 15 is 0 Å². The molecule has 0 aliphatic heterocycles. The number of aryl methyl sites for hydroxylation is 1. The lowest BCUT2D eigenvalue weighted by Crippen LogP contribution is -2.27. The number of hydrogen-bond acceptors (Lipinski definition) is 4. The minimum atomic E-state index is -0.155. The van der Waals surface area contributed by atoms with Crippen LogP contribution in [0.4, 0.5) is 0 Å². The predicted octanol–water partition coefficient (Wildman–Crippen LogP) is 2.17. The van der Waals surface area contributed by atoms with Gasteiger partial charge in [-0.3, -0.25) is 9.59 Å². The summed E-state index contributed by atoms with van der Waals surface area (Å²) >= 11 is 0. The number of amides is 2. The van der Waals surface area contributed by atoms with Crippen LogP contribution in [-0.4, -0.2) is 39.4 Å². The van der Waals surface area contributed by atoms with Crippen molar-refractivity contribution in [1.29, 1.82) is 0 Å². The number of hydrogen-bond donors (Lipinski definition) is 2. The number of aromatic nitrogens is 3. The average molecular weight is 355 g/mol. The summed E-state index contributed by atoms with van der Waals surface area (Å²) in [5, 5.41) is 14.1. The molecule has 7 heteroatoms. The molecule has 138 valence electrons. The van der Waals surface area contributed by atoms with E-state index in [9.17, 15) is 9.59 Å². The van der Waals surface area contributed by atoms with Gasteiger partial charge in [0.15, 0.2) is 5.69 Å². The van der Waals surface area contributed by atoms with Crippen LogP contribution in [0.15, 0.2) is 18.2 Å². The second kappa shape index (κ2) is 7.68. The first kappa shape index (κ1) is 18.1. The molecule has 1 aliphatic rings. The third kappa shape index (κ3) is 3.76. The third-order valence-electron chi connectivity index (χ3n) is 4.41. The minimum absolute atomic E-state index is 0.0894. The fourth-order valence-corrected chi connectivity index (χ4v) is 2.92. The van der Waals surface area contributed by atoms with Crippen molar-refractivity contribution in [3.63, 3.8) is 0 Å². The Hall–Kier alpha value is -2.70. The standard InChI is InChI=1S/C19H25N5O2/c1-4-6-16-17(19(26)21-13-7-8-13)22-23-24(16)14-9-10-15(12(3)11-14)18(25)20-5-2/h9-11,13H,4-8H2,1-3H3,(H,20,25)(H,21,26). The number of rotatable bonds is 7. The Morgan fingerprint density at radius 3 is 2.62 bits per heavy atom. The fraction of sp³-hybridized carbons (Fsp3) is 0.474. The topological polar surface area (TPSA) is 88.9 Å².